The number of aryl methyl sites for hydroxylation is 1. The molecule has 0 saturated heterocycles. The normalized spacial score (nSPS) is 12.6. The minimum atomic E-state index is -0.355. The summed E-state index contributed by atoms with van der Waals surface area (Å²) < 4.78 is 14.8. The van der Waals surface area contributed by atoms with Gasteiger partial charge in [0.2, 0.25) is 0 Å². The van der Waals surface area contributed by atoms with Crippen molar-refractivity contribution in [1.82, 2.24) is 5.32 Å². The van der Waals surface area contributed by atoms with E-state index < -0.39 is 0 Å². The van der Waals surface area contributed by atoms with Gasteiger partial charge >= 0.3 is 0 Å². The maximum absolute atomic E-state index is 13.6. The fourth-order valence-corrected chi connectivity index (χ4v) is 3.91. The Bertz CT molecular complexity index is 595. The van der Waals surface area contributed by atoms with Gasteiger partial charge in [-0.1, -0.05) is 24.6 Å². The molecular formula is C16H18BrClFNS. The zero-order valence-electron chi connectivity index (χ0n) is 12.1. The van der Waals surface area contributed by atoms with Gasteiger partial charge in [0.15, 0.2) is 0 Å². The Morgan fingerprint density at radius 3 is 2.71 bits per heavy atom. The predicted octanol–water partition coefficient (Wildman–Crippen LogP) is 5.89. The van der Waals surface area contributed by atoms with Crippen molar-refractivity contribution < 1.29 is 4.39 Å². The molecule has 2 aromatic rings. The van der Waals surface area contributed by atoms with E-state index in [1.165, 1.54) is 16.5 Å². The average molecular weight is 391 g/mol. The van der Waals surface area contributed by atoms with E-state index in [0.29, 0.717) is 0 Å². The molecule has 0 bridgehead atoms. The fourth-order valence-electron chi connectivity index (χ4n) is 2.15. The summed E-state index contributed by atoms with van der Waals surface area (Å²) in [4.78, 5) is 1.27. The van der Waals surface area contributed by atoms with Crippen LogP contribution in [0, 0.1) is 12.7 Å². The third-order valence-corrected chi connectivity index (χ3v) is 5.84. The molecule has 0 spiro atoms. The lowest BCUT2D eigenvalue weighted by Crippen LogP contribution is -2.23. The van der Waals surface area contributed by atoms with Crippen LogP contribution in [0.25, 0.3) is 0 Å². The second kappa shape index (κ2) is 7.73. The highest BCUT2D eigenvalue weighted by atomic mass is 79.9. The molecule has 1 N–H and O–H groups in total. The van der Waals surface area contributed by atoms with Crippen LogP contribution >= 0.6 is 38.9 Å². The fraction of sp³-hybridized carbons (Fsp3) is 0.375. The standard InChI is InChI=1S/C16H18BrClFNS/c1-3-6-20-14(15-7-10(2)16(17)21-15)9-11-4-5-12(18)13(19)8-11/h4-5,7-8,14,20H,3,6,9H2,1-2H3. The van der Waals surface area contributed by atoms with E-state index in [0.717, 1.165) is 28.7 Å². The van der Waals surface area contributed by atoms with Crippen LogP contribution in [0.4, 0.5) is 4.39 Å². The summed E-state index contributed by atoms with van der Waals surface area (Å²) in [6, 6.07) is 7.42. The van der Waals surface area contributed by atoms with Crippen molar-refractivity contribution in [2.45, 2.75) is 32.7 Å². The minimum Gasteiger partial charge on any atom is -0.309 e. The van der Waals surface area contributed by atoms with Gasteiger partial charge in [0.05, 0.1) is 8.81 Å². The zero-order valence-corrected chi connectivity index (χ0v) is 15.2. The zero-order chi connectivity index (χ0) is 15.4. The van der Waals surface area contributed by atoms with Gasteiger partial charge in [0.1, 0.15) is 5.82 Å². The van der Waals surface area contributed by atoms with E-state index in [-0.39, 0.29) is 16.9 Å². The smallest absolute Gasteiger partial charge is 0.142 e. The number of benzene rings is 1. The number of hydrogen-bond donors (Lipinski definition) is 1. The van der Waals surface area contributed by atoms with Crippen LogP contribution in [0.5, 0.6) is 0 Å². The van der Waals surface area contributed by atoms with Crippen LogP contribution in [-0.2, 0) is 6.42 Å². The molecule has 0 aliphatic carbocycles. The number of hydrogen-bond acceptors (Lipinski definition) is 2. The lowest BCUT2D eigenvalue weighted by Gasteiger charge is -2.17. The first-order chi connectivity index (χ1) is 10.0. The molecule has 5 heteroatoms. The summed E-state index contributed by atoms with van der Waals surface area (Å²) in [7, 11) is 0. The summed E-state index contributed by atoms with van der Waals surface area (Å²) in [6.45, 7) is 5.17. The van der Waals surface area contributed by atoms with Crippen LogP contribution in [0.2, 0.25) is 5.02 Å². The Kier molecular flexibility index (Phi) is 6.23. The first-order valence-electron chi connectivity index (χ1n) is 6.94. The van der Waals surface area contributed by atoms with E-state index in [9.17, 15) is 4.39 Å². The summed E-state index contributed by atoms with van der Waals surface area (Å²) in [5.74, 6) is -0.355. The molecule has 21 heavy (non-hydrogen) atoms. The van der Waals surface area contributed by atoms with Crippen molar-refractivity contribution in [3.63, 3.8) is 0 Å². The average Bonchev–Trinajstić information content (AvgIpc) is 2.78. The van der Waals surface area contributed by atoms with Gasteiger partial charge in [-0.15, -0.1) is 11.3 Å². The summed E-state index contributed by atoms with van der Waals surface area (Å²) >= 11 is 11.1. The molecule has 1 nitrogen and oxygen atoms in total. The second-order valence-electron chi connectivity index (χ2n) is 5.06. The largest absolute Gasteiger partial charge is 0.309 e. The highest BCUT2D eigenvalue weighted by Gasteiger charge is 2.16. The Morgan fingerprint density at radius 1 is 1.38 bits per heavy atom. The van der Waals surface area contributed by atoms with Gasteiger partial charge in [0, 0.05) is 10.9 Å². The SMILES string of the molecule is CCCNC(Cc1ccc(Cl)c(F)c1)c1cc(C)c(Br)s1. The van der Waals surface area contributed by atoms with Crippen LogP contribution < -0.4 is 5.32 Å². The third kappa shape index (κ3) is 4.52. The first kappa shape index (κ1) is 16.9. The van der Waals surface area contributed by atoms with Gasteiger partial charge in [0.25, 0.3) is 0 Å². The molecule has 1 heterocycles. The van der Waals surface area contributed by atoms with Crippen molar-refractivity contribution in [3.05, 3.63) is 54.9 Å². The number of nitrogens with one attached hydrogen (secondary N) is 1. The van der Waals surface area contributed by atoms with E-state index in [1.807, 2.05) is 6.07 Å². The van der Waals surface area contributed by atoms with Crippen LogP contribution in [0.3, 0.4) is 0 Å². The Hall–Kier alpha value is -0.420. The van der Waals surface area contributed by atoms with Gasteiger partial charge < -0.3 is 5.32 Å². The number of rotatable bonds is 6. The maximum Gasteiger partial charge on any atom is 0.142 e. The summed E-state index contributed by atoms with van der Waals surface area (Å²) in [6.07, 6.45) is 1.82. The molecule has 0 amide bonds. The van der Waals surface area contributed by atoms with Crippen molar-refractivity contribution in [2.24, 2.45) is 0 Å². The van der Waals surface area contributed by atoms with E-state index >= 15 is 0 Å². The van der Waals surface area contributed by atoms with Gasteiger partial charge in [-0.3, -0.25) is 0 Å². The van der Waals surface area contributed by atoms with Gasteiger partial charge in [-0.05, 0) is 71.6 Å². The van der Waals surface area contributed by atoms with E-state index in [1.54, 1.807) is 17.4 Å². The monoisotopic (exact) mass is 389 g/mol. The molecule has 2 rings (SSSR count). The van der Waals surface area contributed by atoms with Crippen LogP contribution in [0.15, 0.2) is 28.1 Å². The summed E-state index contributed by atoms with van der Waals surface area (Å²) in [5, 5.41) is 3.72. The van der Waals surface area contributed by atoms with Crippen molar-refractivity contribution in [1.29, 1.82) is 0 Å². The van der Waals surface area contributed by atoms with Crippen molar-refractivity contribution in [2.75, 3.05) is 6.54 Å². The van der Waals surface area contributed by atoms with Crippen LogP contribution in [-0.4, -0.2) is 6.54 Å². The molecular weight excluding hydrogens is 373 g/mol. The highest BCUT2D eigenvalue weighted by Crippen LogP contribution is 2.33. The Labute approximate surface area is 142 Å². The summed E-state index contributed by atoms with van der Waals surface area (Å²) in [5.41, 5.74) is 2.19. The van der Waals surface area contributed by atoms with Crippen molar-refractivity contribution in [3.8, 4) is 0 Å². The Morgan fingerprint density at radius 2 is 2.14 bits per heavy atom. The molecule has 114 valence electrons. The third-order valence-electron chi connectivity index (χ3n) is 3.28. The predicted molar refractivity (Wildman–Crippen MR) is 92.9 cm³/mol. The van der Waals surface area contributed by atoms with Gasteiger partial charge in [-0.2, -0.15) is 0 Å². The quantitative estimate of drug-likeness (QED) is 0.648. The molecule has 0 saturated carbocycles. The van der Waals surface area contributed by atoms with Gasteiger partial charge in [-0.25, -0.2) is 4.39 Å². The maximum atomic E-state index is 13.6. The van der Waals surface area contributed by atoms with E-state index in [2.05, 4.69) is 41.2 Å². The molecule has 1 atom stereocenters. The van der Waals surface area contributed by atoms with E-state index in [4.69, 9.17) is 11.6 Å². The van der Waals surface area contributed by atoms with Crippen LogP contribution in [0.1, 0.15) is 35.4 Å². The molecule has 1 aromatic carbocycles. The molecule has 0 fully saturated rings. The lowest BCUT2D eigenvalue weighted by molar-refractivity contribution is 0.534. The first-order valence-corrected chi connectivity index (χ1v) is 8.93. The molecule has 0 aliphatic heterocycles. The molecule has 1 aromatic heterocycles. The topological polar surface area (TPSA) is 12.0 Å². The lowest BCUT2D eigenvalue weighted by atomic mass is 10.0. The number of halogens is 3. The minimum absolute atomic E-state index is 0.173. The number of thiophene rings is 1. The second-order valence-corrected chi connectivity index (χ2v) is 7.87. The highest BCUT2D eigenvalue weighted by molar-refractivity contribution is 9.11. The van der Waals surface area contributed by atoms with Crippen molar-refractivity contribution >= 4 is 38.9 Å². The molecule has 1 unspecified atom stereocenters. The Balaban J connectivity index is 2.21. The molecule has 0 radical (unpaired) electrons. The molecule has 0 aliphatic rings.